The fraction of sp³-hybridized carbons (Fsp3) is 0.312. The Balaban J connectivity index is 2.02. The molecular weight excluding hydrogens is 282 g/mol. The summed E-state index contributed by atoms with van der Waals surface area (Å²) in [5.74, 6) is 0.316. The van der Waals surface area contributed by atoms with Crippen LogP contribution in [-0.4, -0.2) is 26.7 Å². The summed E-state index contributed by atoms with van der Waals surface area (Å²) in [4.78, 5) is 16.7. The van der Waals surface area contributed by atoms with Crippen molar-refractivity contribution >= 4 is 11.6 Å². The molecule has 1 atom stereocenters. The molecule has 0 aromatic carbocycles. The van der Waals surface area contributed by atoms with E-state index in [0.29, 0.717) is 17.7 Å². The molecule has 2 aromatic heterocycles. The van der Waals surface area contributed by atoms with Crippen molar-refractivity contribution in [2.75, 3.05) is 0 Å². The van der Waals surface area contributed by atoms with E-state index >= 15 is 0 Å². The third-order valence-corrected chi connectivity index (χ3v) is 3.72. The molecule has 1 aliphatic heterocycles. The monoisotopic (exact) mass is 299 g/mol. The average Bonchev–Trinajstić information content (AvgIpc) is 3.12. The highest BCUT2D eigenvalue weighted by Gasteiger charge is 2.46. The fourth-order valence-electron chi connectivity index (χ4n) is 2.51. The molecule has 0 bridgehead atoms. The molecule has 2 aromatic rings. The topological polar surface area (TPSA) is 78.9 Å². The van der Waals surface area contributed by atoms with E-state index in [4.69, 9.17) is 4.42 Å². The molecule has 1 amide bonds. The van der Waals surface area contributed by atoms with Crippen molar-refractivity contribution in [1.82, 2.24) is 9.99 Å². The largest absolute Gasteiger partial charge is 0.456 e. The van der Waals surface area contributed by atoms with E-state index in [1.807, 2.05) is 6.92 Å². The van der Waals surface area contributed by atoms with Crippen LogP contribution < -0.4 is 0 Å². The maximum absolute atomic E-state index is 12.7. The van der Waals surface area contributed by atoms with Gasteiger partial charge in [0.1, 0.15) is 5.76 Å². The zero-order valence-electron chi connectivity index (χ0n) is 12.5. The second-order valence-electron chi connectivity index (χ2n) is 5.28. The van der Waals surface area contributed by atoms with Gasteiger partial charge in [0.05, 0.1) is 0 Å². The van der Waals surface area contributed by atoms with Crippen LogP contribution in [0.4, 0.5) is 0 Å². The number of amides is 1. The molecule has 0 radical (unpaired) electrons. The van der Waals surface area contributed by atoms with E-state index in [1.165, 1.54) is 0 Å². The molecule has 1 N–H and O–H groups in total. The van der Waals surface area contributed by atoms with Crippen LogP contribution in [-0.2, 0) is 5.72 Å². The first-order valence-corrected chi connectivity index (χ1v) is 7.15. The van der Waals surface area contributed by atoms with Gasteiger partial charge in [-0.1, -0.05) is 13.0 Å². The molecule has 0 unspecified atom stereocenters. The van der Waals surface area contributed by atoms with E-state index in [2.05, 4.69) is 10.1 Å². The summed E-state index contributed by atoms with van der Waals surface area (Å²) in [7, 11) is 0. The Bertz CT molecular complexity index is 723. The summed E-state index contributed by atoms with van der Waals surface area (Å²) in [5, 5.41) is 16.5. The number of carbonyl (C=O) groups is 1. The Kier molecular flexibility index (Phi) is 3.54. The minimum atomic E-state index is -1.53. The first-order chi connectivity index (χ1) is 10.5. The highest BCUT2D eigenvalue weighted by atomic mass is 16.4. The lowest BCUT2D eigenvalue weighted by Crippen LogP contribution is -2.43. The predicted molar refractivity (Wildman–Crippen MR) is 80.1 cm³/mol. The van der Waals surface area contributed by atoms with Gasteiger partial charge < -0.3 is 9.52 Å². The van der Waals surface area contributed by atoms with Crippen LogP contribution >= 0.6 is 0 Å². The first kappa shape index (κ1) is 14.5. The van der Waals surface area contributed by atoms with Gasteiger partial charge in [-0.2, -0.15) is 10.1 Å². The molecule has 3 rings (SSSR count). The zero-order chi connectivity index (χ0) is 15.7. The number of carbonyl (C=O) groups excluding carboxylic acids is 1. The number of hydrogen-bond donors (Lipinski definition) is 1. The molecule has 6 heteroatoms. The van der Waals surface area contributed by atoms with Crippen LogP contribution in [0.1, 0.15) is 41.6 Å². The fourth-order valence-corrected chi connectivity index (χ4v) is 2.51. The van der Waals surface area contributed by atoms with Crippen LogP contribution in [0.2, 0.25) is 0 Å². The number of rotatable bonds is 3. The minimum Gasteiger partial charge on any atom is -0.456 e. The second kappa shape index (κ2) is 5.38. The second-order valence-corrected chi connectivity index (χ2v) is 5.28. The normalized spacial score (nSPS) is 21.0. The highest BCUT2D eigenvalue weighted by molar-refractivity contribution is 5.96. The molecule has 114 valence electrons. The van der Waals surface area contributed by atoms with Crippen LogP contribution in [0.3, 0.4) is 0 Å². The van der Waals surface area contributed by atoms with Crippen molar-refractivity contribution in [3.8, 4) is 0 Å². The third-order valence-electron chi connectivity index (χ3n) is 3.72. The summed E-state index contributed by atoms with van der Waals surface area (Å²) >= 11 is 0. The molecule has 1 aliphatic rings. The molecule has 6 nitrogen and oxygen atoms in total. The van der Waals surface area contributed by atoms with Crippen LogP contribution in [0.15, 0.2) is 46.2 Å². The van der Waals surface area contributed by atoms with Crippen molar-refractivity contribution in [3.05, 3.63) is 53.7 Å². The molecule has 0 saturated heterocycles. The van der Waals surface area contributed by atoms with Crippen LogP contribution in [0, 0.1) is 6.92 Å². The number of nitrogens with zero attached hydrogens (tertiary/aromatic N) is 3. The molecule has 0 fully saturated rings. The average molecular weight is 299 g/mol. The number of aliphatic hydroxyl groups is 1. The smallest absolute Gasteiger partial charge is 0.312 e. The summed E-state index contributed by atoms with van der Waals surface area (Å²) < 4.78 is 5.37. The highest BCUT2D eigenvalue weighted by Crippen LogP contribution is 2.36. The third kappa shape index (κ3) is 2.31. The van der Waals surface area contributed by atoms with Crippen molar-refractivity contribution in [2.24, 2.45) is 5.10 Å². The van der Waals surface area contributed by atoms with Gasteiger partial charge in [-0.05, 0) is 31.5 Å². The van der Waals surface area contributed by atoms with Crippen molar-refractivity contribution < 1.29 is 14.3 Å². The minimum absolute atomic E-state index is 0.154. The Morgan fingerprint density at radius 2 is 2.27 bits per heavy atom. The van der Waals surface area contributed by atoms with E-state index < -0.39 is 11.6 Å². The van der Waals surface area contributed by atoms with Gasteiger partial charge in [0, 0.05) is 30.1 Å². The number of pyridine rings is 1. The number of hydrazone groups is 1. The summed E-state index contributed by atoms with van der Waals surface area (Å²) in [6.45, 7) is 3.70. The maximum atomic E-state index is 12.7. The number of aryl methyl sites for hydroxylation is 1. The Morgan fingerprint density at radius 3 is 2.86 bits per heavy atom. The van der Waals surface area contributed by atoms with E-state index in [1.54, 1.807) is 43.6 Å². The number of furan rings is 1. The van der Waals surface area contributed by atoms with Gasteiger partial charge in [0.15, 0.2) is 11.5 Å². The zero-order valence-corrected chi connectivity index (χ0v) is 12.5. The van der Waals surface area contributed by atoms with E-state index in [9.17, 15) is 9.90 Å². The van der Waals surface area contributed by atoms with Gasteiger partial charge in [-0.15, -0.1) is 0 Å². The predicted octanol–water partition coefficient (Wildman–Crippen LogP) is 2.44. The molecule has 3 heterocycles. The van der Waals surface area contributed by atoms with E-state index in [0.717, 1.165) is 10.7 Å². The van der Waals surface area contributed by atoms with Crippen LogP contribution in [0.25, 0.3) is 0 Å². The van der Waals surface area contributed by atoms with Gasteiger partial charge in [-0.3, -0.25) is 9.78 Å². The van der Waals surface area contributed by atoms with Gasteiger partial charge in [0.25, 0.3) is 0 Å². The Morgan fingerprint density at radius 1 is 1.45 bits per heavy atom. The van der Waals surface area contributed by atoms with Gasteiger partial charge in [-0.25, -0.2) is 0 Å². The Labute approximate surface area is 128 Å². The summed E-state index contributed by atoms with van der Waals surface area (Å²) in [5.41, 5.74) is -0.251. The van der Waals surface area contributed by atoms with Crippen molar-refractivity contribution in [1.29, 1.82) is 0 Å². The lowest BCUT2D eigenvalue weighted by molar-refractivity contribution is -0.0779. The standard InChI is InChI=1S/C16H17N3O3/c1-3-13-9-16(21,12-5-4-8-17-10-12)19(18-13)15(20)14-7-6-11(2)22-14/h4-8,10,21H,3,9H2,1-2H3/t16-/m0/s1. The van der Waals surface area contributed by atoms with E-state index in [-0.39, 0.29) is 12.2 Å². The van der Waals surface area contributed by atoms with Crippen molar-refractivity contribution in [3.63, 3.8) is 0 Å². The molecule has 0 saturated carbocycles. The Hall–Kier alpha value is -2.47. The summed E-state index contributed by atoms with van der Waals surface area (Å²) in [6.07, 6.45) is 4.08. The number of hydrogen-bond acceptors (Lipinski definition) is 5. The molecule has 22 heavy (non-hydrogen) atoms. The van der Waals surface area contributed by atoms with Crippen LogP contribution in [0.5, 0.6) is 0 Å². The lowest BCUT2D eigenvalue weighted by atomic mass is 9.98. The van der Waals surface area contributed by atoms with Gasteiger partial charge in [0.2, 0.25) is 0 Å². The molecular formula is C16H17N3O3. The summed E-state index contributed by atoms with van der Waals surface area (Å²) in [6, 6.07) is 6.74. The molecule has 0 aliphatic carbocycles. The first-order valence-electron chi connectivity index (χ1n) is 7.15. The SMILES string of the molecule is CCC1=NN(C(=O)c2ccc(C)o2)[C@@](O)(c2cccnc2)C1. The number of aromatic nitrogens is 1. The maximum Gasteiger partial charge on any atom is 0.312 e. The van der Waals surface area contributed by atoms with Crippen molar-refractivity contribution in [2.45, 2.75) is 32.4 Å². The lowest BCUT2D eigenvalue weighted by Gasteiger charge is -2.30. The quantitative estimate of drug-likeness (QED) is 0.944. The molecule has 0 spiro atoms. The van der Waals surface area contributed by atoms with Gasteiger partial charge >= 0.3 is 5.91 Å².